The van der Waals surface area contributed by atoms with Crippen LogP contribution in [0.3, 0.4) is 0 Å². The maximum atomic E-state index is 12.7. The van der Waals surface area contributed by atoms with Crippen molar-refractivity contribution in [1.82, 2.24) is 15.0 Å². The van der Waals surface area contributed by atoms with Crippen LogP contribution in [0.4, 0.5) is 5.69 Å². The van der Waals surface area contributed by atoms with Gasteiger partial charge in [-0.05, 0) is 54.4 Å². The number of carbonyl (C=O) groups excluding carboxylic acids is 1. The number of carbonyl (C=O) groups is 1. The number of nitrogens with one attached hydrogen (secondary N) is 1. The van der Waals surface area contributed by atoms with E-state index in [0.29, 0.717) is 28.3 Å². The number of methoxy groups -OCH3 is 2. The van der Waals surface area contributed by atoms with E-state index in [1.165, 1.54) is 12.7 Å². The zero-order valence-corrected chi connectivity index (χ0v) is 17.0. The predicted molar refractivity (Wildman–Crippen MR) is 116 cm³/mol. The Bertz CT molecular complexity index is 1200. The number of hydrogen-bond acceptors (Lipinski definition) is 5. The number of benzene rings is 3. The molecule has 0 saturated carbocycles. The first-order chi connectivity index (χ1) is 14.6. The highest BCUT2D eigenvalue weighted by molar-refractivity contribution is 6.06. The van der Waals surface area contributed by atoms with Crippen LogP contribution < -0.4 is 14.8 Å². The standard InChI is InChI=1S/C23H22N4O3/c1-4-15-5-8-17(9-6-15)27-25-20-12-7-16(13-21(20)26-27)24-23(28)19-11-10-18(29-2)14-22(19)30-3/h5-14H,4H2,1-3H3,(H,24,28). The normalized spacial score (nSPS) is 10.8. The van der Waals surface area contributed by atoms with Crippen molar-refractivity contribution in [2.24, 2.45) is 0 Å². The van der Waals surface area contributed by atoms with Gasteiger partial charge in [-0.25, -0.2) is 0 Å². The molecule has 0 aliphatic carbocycles. The molecule has 1 N–H and O–H groups in total. The van der Waals surface area contributed by atoms with Crippen molar-refractivity contribution in [1.29, 1.82) is 0 Å². The Kier molecular flexibility index (Phi) is 5.34. The van der Waals surface area contributed by atoms with Crippen molar-refractivity contribution in [2.45, 2.75) is 13.3 Å². The van der Waals surface area contributed by atoms with Gasteiger partial charge in [0.1, 0.15) is 22.5 Å². The lowest BCUT2D eigenvalue weighted by Gasteiger charge is -2.10. The van der Waals surface area contributed by atoms with Crippen LogP contribution in [-0.4, -0.2) is 35.1 Å². The number of rotatable bonds is 6. The number of ether oxygens (including phenoxy) is 2. The molecular weight excluding hydrogens is 380 g/mol. The fraction of sp³-hybridized carbons (Fsp3) is 0.174. The highest BCUT2D eigenvalue weighted by Crippen LogP contribution is 2.26. The third kappa shape index (κ3) is 3.82. The number of anilines is 1. The van der Waals surface area contributed by atoms with Crippen molar-refractivity contribution in [3.8, 4) is 17.2 Å². The molecule has 0 bridgehead atoms. The first kappa shape index (κ1) is 19.4. The van der Waals surface area contributed by atoms with Gasteiger partial charge in [0, 0.05) is 11.8 Å². The second-order valence-corrected chi connectivity index (χ2v) is 6.73. The summed E-state index contributed by atoms with van der Waals surface area (Å²) in [6.07, 6.45) is 0.983. The van der Waals surface area contributed by atoms with Crippen LogP contribution in [-0.2, 0) is 6.42 Å². The molecule has 0 aliphatic rings. The lowest BCUT2D eigenvalue weighted by Crippen LogP contribution is -2.13. The summed E-state index contributed by atoms with van der Waals surface area (Å²) < 4.78 is 10.5. The van der Waals surface area contributed by atoms with E-state index in [9.17, 15) is 4.79 Å². The molecule has 0 radical (unpaired) electrons. The monoisotopic (exact) mass is 402 g/mol. The van der Waals surface area contributed by atoms with Gasteiger partial charge in [-0.1, -0.05) is 19.1 Å². The van der Waals surface area contributed by atoms with Crippen LogP contribution in [0.1, 0.15) is 22.8 Å². The number of amides is 1. The maximum absolute atomic E-state index is 12.7. The number of nitrogens with zero attached hydrogens (tertiary/aromatic N) is 3. The molecule has 1 amide bonds. The van der Waals surface area contributed by atoms with E-state index in [2.05, 4.69) is 34.6 Å². The summed E-state index contributed by atoms with van der Waals surface area (Å²) in [7, 11) is 3.08. The third-order valence-electron chi connectivity index (χ3n) is 4.87. The Balaban J connectivity index is 1.58. The number of hydrogen-bond donors (Lipinski definition) is 1. The third-order valence-corrected chi connectivity index (χ3v) is 4.87. The molecule has 1 aromatic heterocycles. The van der Waals surface area contributed by atoms with Crippen molar-refractivity contribution in [3.05, 3.63) is 71.8 Å². The van der Waals surface area contributed by atoms with E-state index >= 15 is 0 Å². The second-order valence-electron chi connectivity index (χ2n) is 6.73. The summed E-state index contributed by atoms with van der Waals surface area (Å²) >= 11 is 0. The fourth-order valence-electron chi connectivity index (χ4n) is 3.16. The highest BCUT2D eigenvalue weighted by atomic mass is 16.5. The summed E-state index contributed by atoms with van der Waals surface area (Å²) in [6, 6.07) is 18.6. The van der Waals surface area contributed by atoms with Crippen LogP contribution in [0.5, 0.6) is 11.5 Å². The van der Waals surface area contributed by atoms with E-state index in [1.54, 1.807) is 42.2 Å². The van der Waals surface area contributed by atoms with E-state index in [-0.39, 0.29) is 5.91 Å². The van der Waals surface area contributed by atoms with Gasteiger partial charge >= 0.3 is 0 Å². The lowest BCUT2D eigenvalue weighted by atomic mass is 10.1. The van der Waals surface area contributed by atoms with Gasteiger partial charge in [0.05, 0.1) is 25.5 Å². The minimum absolute atomic E-state index is 0.281. The summed E-state index contributed by atoms with van der Waals surface area (Å²) in [5, 5.41) is 12.0. The molecular formula is C23H22N4O3. The molecule has 4 rings (SSSR count). The summed E-state index contributed by atoms with van der Waals surface area (Å²) in [5.74, 6) is 0.777. The molecule has 4 aromatic rings. The smallest absolute Gasteiger partial charge is 0.259 e. The SMILES string of the molecule is CCc1ccc(-n2nc3ccc(NC(=O)c4ccc(OC)cc4OC)cc3n2)cc1. The van der Waals surface area contributed by atoms with Crippen LogP contribution in [0.15, 0.2) is 60.7 Å². The molecule has 1 heterocycles. The van der Waals surface area contributed by atoms with Gasteiger partial charge in [0.2, 0.25) is 0 Å². The molecule has 7 nitrogen and oxygen atoms in total. The summed E-state index contributed by atoms with van der Waals surface area (Å²) in [4.78, 5) is 14.3. The van der Waals surface area contributed by atoms with Gasteiger partial charge in [-0.15, -0.1) is 10.2 Å². The van der Waals surface area contributed by atoms with Crippen molar-refractivity contribution in [2.75, 3.05) is 19.5 Å². The van der Waals surface area contributed by atoms with E-state index in [0.717, 1.165) is 17.6 Å². The highest BCUT2D eigenvalue weighted by Gasteiger charge is 2.14. The number of aryl methyl sites for hydroxylation is 1. The van der Waals surface area contributed by atoms with E-state index in [4.69, 9.17) is 9.47 Å². The van der Waals surface area contributed by atoms with Gasteiger partial charge in [0.15, 0.2) is 0 Å². The fourth-order valence-corrected chi connectivity index (χ4v) is 3.16. The number of aromatic nitrogens is 3. The zero-order valence-electron chi connectivity index (χ0n) is 17.0. The Hall–Kier alpha value is -3.87. The lowest BCUT2D eigenvalue weighted by molar-refractivity contribution is 0.102. The summed E-state index contributed by atoms with van der Waals surface area (Å²) in [5.41, 5.74) is 4.62. The van der Waals surface area contributed by atoms with Crippen LogP contribution in [0.2, 0.25) is 0 Å². The molecule has 152 valence electrons. The van der Waals surface area contributed by atoms with Crippen LogP contribution >= 0.6 is 0 Å². The molecule has 0 atom stereocenters. The average molecular weight is 402 g/mol. The van der Waals surface area contributed by atoms with E-state index in [1.807, 2.05) is 18.2 Å². The molecule has 0 aliphatic heterocycles. The van der Waals surface area contributed by atoms with Gasteiger partial charge in [-0.2, -0.15) is 4.80 Å². The molecule has 30 heavy (non-hydrogen) atoms. The van der Waals surface area contributed by atoms with Crippen LogP contribution in [0, 0.1) is 0 Å². The van der Waals surface area contributed by atoms with Gasteiger partial charge in [0.25, 0.3) is 5.91 Å². The largest absolute Gasteiger partial charge is 0.497 e. The van der Waals surface area contributed by atoms with E-state index < -0.39 is 0 Å². The molecule has 7 heteroatoms. The first-order valence-corrected chi connectivity index (χ1v) is 9.61. The van der Waals surface area contributed by atoms with Crippen LogP contribution in [0.25, 0.3) is 16.7 Å². The molecule has 0 saturated heterocycles. The minimum atomic E-state index is -0.281. The average Bonchev–Trinajstić information content (AvgIpc) is 3.22. The summed E-state index contributed by atoms with van der Waals surface area (Å²) in [6.45, 7) is 2.12. The minimum Gasteiger partial charge on any atom is -0.497 e. The van der Waals surface area contributed by atoms with Crippen molar-refractivity contribution in [3.63, 3.8) is 0 Å². The Labute approximate surface area is 174 Å². The Morgan fingerprint density at radius 3 is 2.40 bits per heavy atom. The second kappa shape index (κ2) is 8.24. The number of fused-ring (bicyclic) bond motifs is 1. The Morgan fingerprint density at radius 2 is 1.70 bits per heavy atom. The maximum Gasteiger partial charge on any atom is 0.259 e. The molecule has 0 unspecified atom stereocenters. The van der Waals surface area contributed by atoms with Gasteiger partial charge in [-0.3, -0.25) is 4.79 Å². The first-order valence-electron chi connectivity index (χ1n) is 9.61. The quantitative estimate of drug-likeness (QED) is 0.522. The molecule has 0 fully saturated rings. The molecule has 3 aromatic carbocycles. The molecule has 0 spiro atoms. The van der Waals surface area contributed by atoms with Gasteiger partial charge < -0.3 is 14.8 Å². The topological polar surface area (TPSA) is 78.3 Å². The van der Waals surface area contributed by atoms with Crippen molar-refractivity contribution < 1.29 is 14.3 Å². The Morgan fingerprint density at radius 1 is 0.933 bits per heavy atom. The predicted octanol–water partition coefficient (Wildman–Crippen LogP) is 4.25. The van der Waals surface area contributed by atoms with Crippen molar-refractivity contribution >= 4 is 22.6 Å². The zero-order chi connectivity index (χ0) is 21.1.